The van der Waals surface area contributed by atoms with Crippen molar-refractivity contribution in [2.45, 2.75) is 140 Å². The fraction of sp³-hybridized carbons (Fsp3) is 0.591. The summed E-state index contributed by atoms with van der Waals surface area (Å²) < 4.78 is 88.9. The van der Waals surface area contributed by atoms with Crippen LogP contribution >= 0.6 is 0 Å². The van der Waals surface area contributed by atoms with Crippen LogP contribution in [0.25, 0.3) is 11.1 Å². The summed E-state index contributed by atoms with van der Waals surface area (Å²) in [6.07, 6.45) is -6.92. The van der Waals surface area contributed by atoms with Crippen molar-refractivity contribution in [3.63, 3.8) is 0 Å². The maximum absolute atomic E-state index is 11.6. The first-order chi connectivity index (χ1) is 23.5. The largest absolute Gasteiger partial charge is 0.402 e. The molecule has 0 unspecified atom stereocenters. The van der Waals surface area contributed by atoms with Crippen LogP contribution in [0, 0.1) is 16.7 Å². The van der Waals surface area contributed by atoms with Crippen molar-refractivity contribution in [2.24, 2.45) is 16.7 Å². The van der Waals surface area contributed by atoms with Gasteiger partial charge < -0.3 is 0 Å². The zero-order valence-electron chi connectivity index (χ0n) is 35.8. The third kappa shape index (κ3) is 24.3. The SMILES string of the molecule is CC(C)(C(F)(F)F)C(F)(F)F.CC(C)(C)C.CC(C)(C)c1ccccc1.CC(C)C.CC1(C)c2ccccc2-c2ccccc21.CCC.CS(C)(=O)=O. The second-order valence-electron chi connectivity index (χ2n) is 17.5. The molecule has 2 nitrogen and oxygen atoms in total. The minimum atomic E-state index is -5.24. The van der Waals surface area contributed by atoms with Gasteiger partial charge in [-0.05, 0) is 58.4 Å². The zero-order valence-corrected chi connectivity index (χ0v) is 36.6. The number of halogens is 6. The second kappa shape index (κ2) is 22.5. The lowest BCUT2D eigenvalue weighted by atomic mass is 9.82. The Bertz CT molecular complexity index is 1440. The van der Waals surface area contributed by atoms with Gasteiger partial charge in [-0.1, -0.05) is 182 Å². The summed E-state index contributed by atoms with van der Waals surface area (Å²) in [6, 6.07) is 28.0. The van der Waals surface area contributed by atoms with E-state index in [1.54, 1.807) is 0 Å². The molecule has 306 valence electrons. The minimum Gasteiger partial charge on any atom is -0.229 e. The fourth-order valence-corrected chi connectivity index (χ4v) is 3.77. The number of fused-ring (bicyclic) bond motifs is 3. The maximum Gasteiger partial charge on any atom is 0.402 e. The Hall–Kier alpha value is -2.81. The molecule has 0 bridgehead atoms. The van der Waals surface area contributed by atoms with Crippen molar-refractivity contribution >= 4 is 9.84 Å². The van der Waals surface area contributed by atoms with Gasteiger partial charge in [-0.25, -0.2) is 8.42 Å². The first-order valence-corrected chi connectivity index (χ1v) is 20.3. The normalized spacial score (nSPS) is 13.1. The summed E-state index contributed by atoms with van der Waals surface area (Å²) in [5.41, 5.74) is 4.43. The van der Waals surface area contributed by atoms with Crippen molar-refractivity contribution in [1.82, 2.24) is 0 Å². The molecule has 0 fully saturated rings. The molecule has 0 spiro atoms. The molecule has 0 N–H and O–H groups in total. The highest BCUT2D eigenvalue weighted by atomic mass is 32.2. The molecule has 0 amide bonds. The minimum absolute atomic E-state index is 0.104. The van der Waals surface area contributed by atoms with Crippen molar-refractivity contribution < 1.29 is 34.8 Å². The molecule has 0 atom stereocenters. The van der Waals surface area contributed by atoms with Gasteiger partial charge in [-0.2, -0.15) is 26.3 Å². The van der Waals surface area contributed by atoms with Gasteiger partial charge in [0.25, 0.3) is 0 Å². The van der Waals surface area contributed by atoms with Crippen molar-refractivity contribution in [3.8, 4) is 11.1 Å². The number of rotatable bonds is 0. The molecule has 9 heteroatoms. The van der Waals surface area contributed by atoms with Crippen LogP contribution in [0.5, 0.6) is 0 Å². The van der Waals surface area contributed by atoms with E-state index in [1.165, 1.54) is 34.2 Å². The molecule has 3 aromatic rings. The third-order valence-corrected chi connectivity index (χ3v) is 6.55. The number of alkyl halides is 6. The van der Waals surface area contributed by atoms with Crippen LogP contribution in [0.4, 0.5) is 26.3 Å². The summed E-state index contributed by atoms with van der Waals surface area (Å²) in [5.74, 6) is 0.833. The Morgan fingerprint density at radius 2 is 0.792 bits per heavy atom. The van der Waals surface area contributed by atoms with Gasteiger partial charge >= 0.3 is 12.4 Å². The molecular weight excluding hydrogens is 707 g/mol. The Balaban J connectivity index is -0.000000593. The van der Waals surface area contributed by atoms with Gasteiger partial charge in [0.05, 0.1) is 0 Å². The molecule has 1 aliphatic carbocycles. The fourth-order valence-electron chi connectivity index (χ4n) is 3.77. The summed E-state index contributed by atoms with van der Waals surface area (Å²) in [5, 5.41) is 0. The predicted molar refractivity (Wildman–Crippen MR) is 217 cm³/mol. The molecule has 1 aliphatic rings. The molecule has 0 heterocycles. The van der Waals surface area contributed by atoms with E-state index in [1.807, 2.05) is 0 Å². The van der Waals surface area contributed by atoms with E-state index in [0.717, 1.165) is 18.4 Å². The third-order valence-electron chi connectivity index (χ3n) is 6.55. The Kier molecular flexibility index (Phi) is 23.2. The Morgan fingerprint density at radius 1 is 0.566 bits per heavy atom. The van der Waals surface area contributed by atoms with Gasteiger partial charge in [0, 0.05) is 17.9 Å². The molecule has 0 saturated carbocycles. The molecular formula is C44H70F6O2S. The van der Waals surface area contributed by atoms with E-state index in [4.69, 9.17) is 0 Å². The van der Waals surface area contributed by atoms with Crippen LogP contribution < -0.4 is 0 Å². The Labute approximate surface area is 320 Å². The van der Waals surface area contributed by atoms with Gasteiger partial charge in [0.2, 0.25) is 0 Å². The first kappa shape index (κ1) is 54.5. The van der Waals surface area contributed by atoms with Crippen molar-refractivity contribution in [1.29, 1.82) is 0 Å². The highest BCUT2D eigenvalue weighted by molar-refractivity contribution is 7.89. The van der Waals surface area contributed by atoms with Crippen LogP contribution in [0.2, 0.25) is 0 Å². The van der Waals surface area contributed by atoms with Crippen LogP contribution in [0.15, 0.2) is 78.9 Å². The topological polar surface area (TPSA) is 34.1 Å². The molecule has 53 heavy (non-hydrogen) atoms. The Morgan fingerprint density at radius 3 is 0.981 bits per heavy atom. The smallest absolute Gasteiger partial charge is 0.229 e. The van der Waals surface area contributed by atoms with Gasteiger partial charge in [-0.3, -0.25) is 0 Å². The molecule has 3 aromatic carbocycles. The average molecular weight is 777 g/mol. The van der Waals surface area contributed by atoms with E-state index in [-0.39, 0.29) is 19.3 Å². The van der Waals surface area contributed by atoms with Gasteiger partial charge in [-0.15, -0.1) is 0 Å². The molecule has 0 radical (unpaired) electrons. The predicted octanol–water partition coefficient (Wildman–Crippen LogP) is 14.9. The van der Waals surface area contributed by atoms with Crippen LogP contribution in [-0.2, 0) is 20.7 Å². The summed E-state index contributed by atoms with van der Waals surface area (Å²) in [6.45, 7) is 31.0. The van der Waals surface area contributed by atoms with E-state index >= 15 is 0 Å². The standard InChI is InChI=1S/C15H14.C10H14.C5H6F6.C5H12.C4H10.C3H8.C2H6O2S/c1-15(2)13-9-5-3-7-11(13)12-8-4-6-10-14(12)15;1-10(2,3)9-7-5-4-6-8-9;1-3(2,4(6,7)8)5(9,10)11;1-5(2,3)4;1-4(2)3;1-3-2;1-5(2,3)4/h3-10H,1-2H3;4-8H,1-3H3;1-2H3;1-4H3;4H,1-3H3;3H2,1-2H3;1-2H3. The monoisotopic (exact) mass is 777 g/mol. The molecule has 0 aromatic heterocycles. The summed E-state index contributed by atoms with van der Waals surface area (Å²) in [4.78, 5) is 0. The lowest BCUT2D eigenvalue weighted by molar-refractivity contribution is -0.327. The quantitative estimate of drug-likeness (QED) is 0.213. The average Bonchev–Trinajstić information content (AvgIpc) is 3.18. The van der Waals surface area contributed by atoms with E-state index in [0.29, 0.717) is 10.8 Å². The van der Waals surface area contributed by atoms with Gasteiger partial charge in [0.1, 0.15) is 9.84 Å². The molecule has 4 rings (SSSR count). The first-order valence-electron chi connectivity index (χ1n) is 18.0. The highest BCUT2D eigenvalue weighted by Crippen LogP contribution is 2.49. The zero-order chi connectivity index (χ0) is 42.9. The lowest BCUT2D eigenvalue weighted by Gasteiger charge is -2.29. The van der Waals surface area contributed by atoms with E-state index in [2.05, 4.69) is 176 Å². The van der Waals surface area contributed by atoms with Crippen molar-refractivity contribution in [3.05, 3.63) is 95.6 Å². The summed E-state index contributed by atoms with van der Waals surface area (Å²) in [7, 11) is -2.67. The second-order valence-corrected chi connectivity index (χ2v) is 19.8. The number of hydrogen-bond acceptors (Lipinski definition) is 2. The van der Waals surface area contributed by atoms with Crippen LogP contribution in [0.1, 0.15) is 134 Å². The summed E-state index contributed by atoms with van der Waals surface area (Å²) >= 11 is 0. The van der Waals surface area contributed by atoms with Gasteiger partial charge in [0.15, 0.2) is 5.41 Å². The number of sulfone groups is 1. The number of hydrogen-bond donors (Lipinski definition) is 0. The maximum atomic E-state index is 11.6. The highest BCUT2D eigenvalue weighted by Gasteiger charge is 2.64. The van der Waals surface area contributed by atoms with E-state index in [9.17, 15) is 34.8 Å². The number of benzene rings is 3. The van der Waals surface area contributed by atoms with Crippen LogP contribution in [0.3, 0.4) is 0 Å². The van der Waals surface area contributed by atoms with Crippen molar-refractivity contribution in [2.75, 3.05) is 12.5 Å². The molecule has 0 aliphatic heterocycles. The molecule has 0 saturated heterocycles. The van der Waals surface area contributed by atoms with E-state index < -0.39 is 27.6 Å². The lowest BCUT2D eigenvalue weighted by Crippen LogP contribution is -2.44. The van der Waals surface area contributed by atoms with Crippen LogP contribution in [-0.4, -0.2) is 33.3 Å².